The first-order valence-corrected chi connectivity index (χ1v) is 9.72. The molecule has 0 amide bonds. The van der Waals surface area contributed by atoms with Gasteiger partial charge in [-0.05, 0) is 42.9 Å². The van der Waals surface area contributed by atoms with E-state index in [9.17, 15) is 0 Å². The molecule has 0 aliphatic heterocycles. The summed E-state index contributed by atoms with van der Waals surface area (Å²) in [6.45, 7) is 3.37. The lowest BCUT2D eigenvalue weighted by atomic mass is 10.2. The second-order valence-electron chi connectivity index (χ2n) is 4.95. The van der Waals surface area contributed by atoms with Gasteiger partial charge in [-0.25, -0.2) is 0 Å². The van der Waals surface area contributed by atoms with Gasteiger partial charge in [-0.2, -0.15) is 11.8 Å². The van der Waals surface area contributed by atoms with Crippen LogP contribution >= 0.6 is 35.6 Å². The highest BCUT2D eigenvalue weighted by Gasteiger charge is 2.04. The fourth-order valence-corrected chi connectivity index (χ4v) is 3.41. The summed E-state index contributed by atoms with van der Waals surface area (Å²) in [5.74, 6) is 2.65. The molecule has 0 heterocycles. The number of hydrogen-bond acceptors (Lipinski definition) is 3. The molecule has 0 unspecified atom stereocenters. The lowest BCUT2D eigenvalue weighted by Crippen LogP contribution is -2.30. The van der Waals surface area contributed by atoms with E-state index in [1.807, 2.05) is 61.2 Å². The van der Waals surface area contributed by atoms with Crippen LogP contribution < -0.4 is 15.4 Å². The van der Waals surface area contributed by atoms with Crippen LogP contribution in [0, 0.1) is 0 Å². The van der Waals surface area contributed by atoms with Crippen molar-refractivity contribution in [2.45, 2.75) is 12.7 Å². The van der Waals surface area contributed by atoms with Gasteiger partial charge in [0, 0.05) is 23.1 Å². The molecule has 0 aliphatic rings. The maximum Gasteiger partial charge on any atom is 0.170 e. The molecule has 0 bridgehead atoms. The van der Waals surface area contributed by atoms with Gasteiger partial charge < -0.3 is 15.4 Å². The molecule has 2 aromatic carbocycles. The van der Waals surface area contributed by atoms with Gasteiger partial charge in [-0.3, -0.25) is 0 Å². The Labute approximate surface area is 158 Å². The molecule has 0 saturated carbocycles. The standard InChI is InChI=1S/C18H21ClN2OS2/c1-2-22-17-10-6-5-9-16(17)21-18(23)20-11-12-24-13-14-7-3-4-8-15(14)19/h3-10H,2,11-13H2,1H3,(H2,20,21,23). The molecule has 0 aliphatic carbocycles. The van der Waals surface area contributed by atoms with Gasteiger partial charge in [0.25, 0.3) is 0 Å². The van der Waals surface area contributed by atoms with Crippen molar-refractivity contribution < 1.29 is 4.74 Å². The third-order valence-electron chi connectivity index (χ3n) is 3.18. The van der Waals surface area contributed by atoms with Gasteiger partial charge in [0.2, 0.25) is 0 Å². The molecule has 2 rings (SSSR count). The van der Waals surface area contributed by atoms with Crippen molar-refractivity contribution >= 4 is 46.4 Å². The summed E-state index contributed by atoms with van der Waals surface area (Å²) in [7, 11) is 0. The molecule has 3 nitrogen and oxygen atoms in total. The Morgan fingerprint density at radius 3 is 2.71 bits per heavy atom. The summed E-state index contributed by atoms with van der Waals surface area (Å²) < 4.78 is 5.57. The van der Waals surface area contributed by atoms with E-state index in [1.165, 1.54) is 0 Å². The molecule has 0 radical (unpaired) electrons. The number of benzene rings is 2. The lowest BCUT2D eigenvalue weighted by molar-refractivity contribution is 0.342. The summed E-state index contributed by atoms with van der Waals surface area (Å²) in [4.78, 5) is 0. The first-order chi connectivity index (χ1) is 11.7. The second kappa shape index (κ2) is 10.4. The summed E-state index contributed by atoms with van der Waals surface area (Å²) in [6.07, 6.45) is 0. The van der Waals surface area contributed by atoms with E-state index < -0.39 is 0 Å². The van der Waals surface area contributed by atoms with E-state index in [-0.39, 0.29) is 0 Å². The highest BCUT2D eigenvalue weighted by atomic mass is 35.5. The summed E-state index contributed by atoms with van der Waals surface area (Å²) >= 11 is 13.3. The largest absolute Gasteiger partial charge is 0.492 e. The minimum atomic E-state index is 0.598. The van der Waals surface area contributed by atoms with Crippen molar-refractivity contribution in [3.8, 4) is 5.75 Å². The molecule has 0 atom stereocenters. The first kappa shape index (κ1) is 18.9. The number of anilines is 1. The predicted octanol–water partition coefficient (Wildman–Crippen LogP) is 4.96. The Bertz CT molecular complexity index is 667. The monoisotopic (exact) mass is 380 g/mol. The summed E-state index contributed by atoms with van der Waals surface area (Å²) in [5.41, 5.74) is 2.04. The molecule has 128 valence electrons. The van der Waals surface area contributed by atoms with Crippen LogP contribution in [0.15, 0.2) is 48.5 Å². The van der Waals surface area contributed by atoms with Gasteiger partial charge in [0.15, 0.2) is 5.11 Å². The molecule has 2 aromatic rings. The van der Waals surface area contributed by atoms with Crippen LogP contribution in [0.3, 0.4) is 0 Å². The average Bonchev–Trinajstić information content (AvgIpc) is 2.58. The molecule has 0 spiro atoms. The normalized spacial score (nSPS) is 10.2. The molecule has 0 aromatic heterocycles. The number of halogens is 1. The summed E-state index contributed by atoms with van der Waals surface area (Å²) in [5, 5.41) is 7.81. The van der Waals surface area contributed by atoms with Gasteiger partial charge in [0.05, 0.1) is 12.3 Å². The highest BCUT2D eigenvalue weighted by molar-refractivity contribution is 7.98. The van der Waals surface area contributed by atoms with Crippen molar-refractivity contribution in [3.63, 3.8) is 0 Å². The third-order valence-corrected chi connectivity index (χ3v) is 4.81. The zero-order valence-corrected chi connectivity index (χ0v) is 15.9. The smallest absolute Gasteiger partial charge is 0.170 e. The maximum absolute atomic E-state index is 6.15. The molecule has 0 fully saturated rings. The SMILES string of the molecule is CCOc1ccccc1NC(=S)NCCSCc1ccccc1Cl. The van der Waals surface area contributed by atoms with E-state index in [0.717, 1.165) is 40.1 Å². The van der Waals surface area contributed by atoms with Crippen molar-refractivity contribution in [2.75, 3.05) is 24.2 Å². The number of rotatable bonds is 8. The van der Waals surface area contributed by atoms with E-state index in [2.05, 4.69) is 16.7 Å². The van der Waals surface area contributed by atoms with Gasteiger partial charge in [-0.1, -0.05) is 41.9 Å². The van der Waals surface area contributed by atoms with Crippen LogP contribution in [0.1, 0.15) is 12.5 Å². The quantitative estimate of drug-likeness (QED) is 0.499. The number of thioether (sulfide) groups is 1. The van der Waals surface area contributed by atoms with Crippen LogP contribution in [0.4, 0.5) is 5.69 Å². The van der Waals surface area contributed by atoms with E-state index in [1.54, 1.807) is 0 Å². The molecule has 0 saturated heterocycles. The molecular weight excluding hydrogens is 360 g/mol. The van der Waals surface area contributed by atoms with Crippen LogP contribution in [0.5, 0.6) is 5.75 Å². The Morgan fingerprint density at radius 2 is 1.92 bits per heavy atom. The van der Waals surface area contributed by atoms with Crippen LogP contribution in [0.2, 0.25) is 5.02 Å². The third kappa shape index (κ3) is 6.23. The van der Waals surface area contributed by atoms with Crippen molar-refractivity contribution in [1.29, 1.82) is 0 Å². The Kier molecular flexibility index (Phi) is 8.22. The first-order valence-electron chi connectivity index (χ1n) is 7.78. The number of thiocarbonyl (C=S) groups is 1. The Morgan fingerprint density at radius 1 is 1.17 bits per heavy atom. The molecule has 24 heavy (non-hydrogen) atoms. The van der Waals surface area contributed by atoms with Gasteiger partial charge >= 0.3 is 0 Å². The molecular formula is C18H21ClN2OS2. The van der Waals surface area contributed by atoms with Crippen LogP contribution in [-0.2, 0) is 5.75 Å². The highest BCUT2D eigenvalue weighted by Crippen LogP contribution is 2.23. The maximum atomic E-state index is 6.15. The van der Waals surface area contributed by atoms with Crippen LogP contribution in [0.25, 0.3) is 0 Å². The predicted molar refractivity (Wildman–Crippen MR) is 109 cm³/mol. The molecule has 6 heteroatoms. The summed E-state index contributed by atoms with van der Waals surface area (Å²) in [6, 6.07) is 15.7. The fourth-order valence-electron chi connectivity index (χ4n) is 2.05. The number of para-hydroxylation sites is 2. The van der Waals surface area contributed by atoms with E-state index in [0.29, 0.717) is 11.7 Å². The topological polar surface area (TPSA) is 33.3 Å². The number of ether oxygens (including phenoxy) is 1. The van der Waals surface area contributed by atoms with Gasteiger partial charge in [0.1, 0.15) is 5.75 Å². The Hall–Kier alpha value is -1.43. The van der Waals surface area contributed by atoms with Crippen molar-refractivity contribution in [2.24, 2.45) is 0 Å². The zero-order valence-electron chi connectivity index (χ0n) is 13.5. The number of nitrogens with one attached hydrogen (secondary N) is 2. The number of hydrogen-bond donors (Lipinski definition) is 2. The van der Waals surface area contributed by atoms with Crippen LogP contribution in [-0.4, -0.2) is 24.0 Å². The average molecular weight is 381 g/mol. The van der Waals surface area contributed by atoms with Gasteiger partial charge in [-0.15, -0.1) is 0 Å². The Balaban J connectivity index is 1.69. The lowest BCUT2D eigenvalue weighted by Gasteiger charge is -2.14. The van der Waals surface area contributed by atoms with Crippen molar-refractivity contribution in [1.82, 2.24) is 5.32 Å². The zero-order chi connectivity index (χ0) is 17.2. The second-order valence-corrected chi connectivity index (χ2v) is 6.87. The minimum absolute atomic E-state index is 0.598. The minimum Gasteiger partial charge on any atom is -0.492 e. The van der Waals surface area contributed by atoms with E-state index >= 15 is 0 Å². The fraction of sp³-hybridized carbons (Fsp3) is 0.278. The molecule has 2 N–H and O–H groups in total. The van der Waals surface area contributed by atoms with E-state index in [4.69, 9.17) is 28.6 Å². The van der Waals surface area contributed by atoms with Crippen molar-refractivity contribution in [3.05, 3.63) is 59.1 Å².